The van der Waals surface area contributed by atoms with Crippen LogP contribution in [0.2, 0.25) is 0 Å². The zero-order valence-corrected chi connectivity index (χ0v) is 17.5. The number of hydrogen-bond acceptors (Lipinski definition) is 5. The number of methoxy groups -OCH3 is 2. The predicted molar refractivity (Wildman–Crippen MR) is 112 cm³/mol. The number of benzene rings is 2. The molecule has 0 fully saturated rings. The van der Waals surface area contributed by atoms with Crippen LogP contribution in [-0.2, 0) is 4.79 Å². The summed E-state index contributed by atoms with van der Waals surface area (Å²) in [6.07, 6.45) is 0. The molecule has 2 aromatic rings. The van der Waals surface area contributed by atoms with Crippen LogP contribution in [0.4, 0.5) is 5.69 Å². The maximum Gasteiger partial charge on any atom is 0.254 e. The maximum atomic E-state index is 12.7. The number of carbonyl (C=O) groups is 2. The highest BCUT2D eigenvalue weighted by Crippen LogP contribution is 2.29. The molecule has 7 nitrogen and oxygen atoms in total. The van der Waals surface area contributed by atoms with Gasteiger partial charge in [0.15, 0.2) is 11.5 Å². The summed E-state index contributed by atoms with van der Waals surface area (Å²) in [5.41, 5.74) is 1.01. The van der Waals surface area contributed by atoms with Crippen molar-refractivity contribution in [3.8, 4) is 17.2 Å². The van der Waals surface area contributed by atoms with Crippen molar-refractivity contribution in [2.24, 2.45) is 5.92 Å². The van der Waals surface area contributed by atoms with Gasteiger partial charge in [0.05, 0.1) is 27.4 Å². The van der Waals surface area contributed by atoms with E-state index in [-0.39, 0.29) is 18.4 Å². The Morgan fingerprint density at radius 1 is 1.03 bits per heavy atom. The zero-order chi connectivity index (χ0) is 21.4. The highest BCUT2D eigenvalue weighted by atomic mass is 16.5. The number of amides is 2. The molecule has 0 spiro atoms. The molecule has 0 heterocycles. The molecule has 0 aromatic heterocycles. The molecule has 0 aliphatic heterocycles. The van der Waals surface area contributed by atoms with E-state index in [1.807, 2.05) is 0 Å². The Balaban J connectivity index is 2.02. The Morgan fingerprint density at radius 2 is 1.79 bits per heavy atom. The van der Waals surface area contributed by atoms with Crippen molar-refractivity contribution < 1.29 is 23.8 Å². The van der Waals surface area contributed by atoms with Crippen molar-refractivity contribution in [3.63, 3.8) is 0 Å². The molecule has 2 rings (SSSR count). The van der Waals surface area contributed by atoms with Gasteiger partial charge in [0.25, 0.3) is 5.91 Å². The van der Waals surface area contributed by atoms with Crippen molar-refractivity contribution >= 4 is 17.5 Å². The summed E-state index contributed by atoms with van der Waals surface area (Å²) >= 11 is 0. The highest BCUT2D eigenvalue weighted by molar-refractivity contribution is 5.99. The fourth-order valence-electron chi connectivity index (χ4n) is 2.59. The first-order valence-electron chi connectivity index (χ1n) is 9.34. The number of rotatable bonds is 9. The Morgan fingerprint density at radius 3 is 2.45 bits per heavy atom. The molecular weight excluding hydrogens is 372 g/mol. The smallest absolute Gasteiger partial charge is 0.254 e. The Labute approximate surface area is 171 Å². The quantitative estimate of drug-likeness (QED) is 0.698. The van der Waals surface area contributed by atoms with E-state index in [1.54, 1.807) is 56.6 Å². The molecule has 0 radical (unpaired) electrons. The van der Waals surface area contributed by atoms with E-state index in [4.69, 9.17) is 14.2 Å². The van der Waals surface area contributed by atoms with Crippen LogP contribution in [0.15, 0.2) is 42.5 Å². The van der Waals surface area contributed by atoms with Gasteiger partial charge < -0.3 is 24.4 Å². The number of nitrogens with zero attached hydrogens (tertiary/aromatic N) is 1. The maximum absolute atomic E-state index is 12.7. The SMILES string of the molecule is COc1cccc(NC(=O)CN(C)C(=O)c2ccc(OCC(C)C)c(OC)c2)c1. The van der Waals surface area contributed by atoms with Gasteiger partial charge in [-0.25, -0.2) is 0 Å². The number of ether oxygens (including phenoxy) is 3. The molecule has 0 aliphatic rings. The average molecular weight is 400 g/mol. The van der Waals surface area contributed by atoms with Gasteiger partial charge in [0.1, 0.15) is 5.75 Å². The lowest BCUT2D eigenvalue weighted by molar-refractivity contribution is -0.116. The molecule has 0 atom stereocenters. The van der Waals surface area contributed by atoms with Crippen LogP contribution in [0.25, 0.3) is 0 Å². The van der Waals surface area contributed by atoms with E-state index >= 15 is 0 Å². The van der Waals surface area contributed by atoms with Crippen LogP contribution in [0, 0.1) is 5.92 Å². The third kappa shape index (κ3) is 6.41. The van der Waals surface area contributed by atoms with Gasteiger partial charge >= 0.3 is 0 Å². The molecule has 0 bridgehead atoms. The van der Waals surface area contributed by atoms with E-state index in [0.717, 1.165) is 0 Å². The first-order chi connectivity index (χ1) is 13.8. The molecule has 29 heavy (non-hydrogen) atoms. The number of carbonyl (C=O) groups excluding carboxylic acids is 2. The van der Waals surface area contributed by atoms with Crippen molar-refractivity contribution in [2.45, 2.75) is 13.8 Å². The third-order valence-corrected chi connectivity index (χ3v) is 4.06. The molecule has 7 heteroatoms. The summed E-state index contributed by atoms with van der Waals surface area (Å²) < 4.78 is 16.2. The zero-order valence-electron chi connectivity index (χ0n) is 17.5. The monoisotopic (exact) mass is 400 g/mol. The minimum absolute atomic E-state index is 0.0933. The van der Waals surface area contributed by atoms with Crippen molar-refractivity contribution in [2.75, 3.05) is 39.7 Å². The number of likely N-dealkylation sites (N-methyl/N-ethyl adjacent to an activating group) is 1. The number of nitrogens with one attached hydrogen (secondary N) is 1. The van der Waals surface area contributed by atoms with E-state index in [0.29, 0.717) is 41.0 Å². The van der Waals surface area contributed by atoms with Crippen LogP contribution in [0.5, 0.6) is 17.2 Å². The summed E-state index contributed by atoms with van der Waals surface area (Å²) in [4.78, 5) is 26.3. The molecule has 0 unspecified atom stereocenters. The van der Waals surface area contributed by atoms with Crippen molar-refractivity contribution in [3.05, 3.63) is 48.0 Å². The van der Waals surface area contributed by atoms with Gasteiger partial charge in [0.2, 0.25) is 5.91 Å². The van der Waals surface area contributed by atoms with Gasteiger partial charge in [-0.05, 0) is 36.2 Å². The Hall–Kier alpha value is -3.22. The van der Waals surface area contributed by atoms with Crippen LogP contribution < -0.4 is 19.5 Å². The normalized spacial score (nSPS) is 10.4. The molecule has 1 N–H and O–H groups in total. The first kappa shape index (κ1) is 22.1. The second-order valence-electron chi connectivity index (χ2n) is 7.01. The van der Waals surface area contributed by atoms with Gasteiger partial charge in [-0.3, -0.25) is 9.59 Å². The highest BCUT2D eigenvalue weighted by Gasteiger charge is 2.17. The fourth-order valence-corrected chi connectivity index (χ4v) is 2.59. The molecule has 2 aromatic carbocycles. The standard InChI is InChI=1S/C22H28N2O5/c1-15(2)14-29-19-10-9-16(11-20(19)28-5)22(26)24(3)13-21(25)23-17-7-6-8-18(12-17)27-4/h6-12,15H,13-14H2,1-5H3,(H,23,25). The molecule has 0 saturated heterocycles. The Bertz CT molecular complexity index is 851. The van der Waals surface area contributed by atoms with Crippen molar-refractivity contribution in [1.82, 2.24) is 4.90 Å². The molecule has 2 amide bonds. The van der Waals surface area contributed by atoms with Crippen molar-refractivity contribution in [1.29, 1.82) is 0 Å². The minimum atomic E-state index is -0.307. The second-order valence-corrected chi connectivity index (χ2v) is 7.01. The van der Waals surface area contributed by atoms with Crippen LogP contribution in [0.3, 0.4) is 0 Å². The summed E-state index contributed by atoms with van der Waals surface area (Å²) in [5.74, 6) is 1.47. The third-order valence-electron chi connectivity index (χ3n) is 4.06. The lowest BCUT2D eigenvalue weighted by Gasteiger charge is -2.18. The largest absolute Gasteiger partial charge is 0.497 e. The minimum Gasteiger partial charge on any atom is -0.497 e. The second kappa shape index (κ2) is 10.4. The van der Waals surface area contributed by atoms with E-state index < -0.39 is 0 Å². The molecule has 0 saturated carbocycles. The van der Waals surface area contributed by atoms with Crippen LogP contribution in [-0.4, -0.2) is 51.1 Å². The lowest BCUT2D eigenvalue weighted by atomic mass is 10.1. The van der Waals surface area contributed by atoms with Gasteiger partial charge in [0, 0.05) is 24.4 Å². The summed E-state index contributed by atoms with van der Waals surface area (Å²) in [7, 11) is 4.65. The summed E-state index contributed by atoms with van der Waals surface area (Å²) in [6.45, 7) is 4.56. The van der Waals surface area contributed by atoms with Crippen LogP contribution in [0.1, 0.15) is 24.2 Å². The first-order valence-corrected chi connectivity index (χ1v) is 9.34. The number of hydrogen-bond donors (Lipinski definition) is 1. The van der Waals surface area contributed by atoms with E-state index in [2.05, 4.69) is 19.2 Å². The summed E-state index contributed by atoms with van der Waals surface area (Å²) in [5, 5.41) is 2.76. The van der Waals surface area contributed by atoms with E-state index in [1.165, 1.54) is 12.0 Å². The molecule has 156 valence electrons. The predicted octanol–water partition coefficient (Wildman–Crippen LogP) is 3.45. The topological polar surface area (TPSA) is 77.1 Å². The molecule has 0 aliphatic carbocycles. The van der Waals surface area contributed by atoms with E-state index in [9.17, 15) is 9.59 Å². The number of anilines is 1. The molecular formula is C22H28N2O5. The van der Waals surface area contributed by atoms with Gasteiger partial charge in [-0.15, -0.1) is 0 Å². The Kier molecular flexibility index (Phi) is 7.88. The van der Waals surface area contributed by atoms with Gasteiger partial charge in [-0.1, -0.05) is 19.9 Å². The lowest BCUT2D eigenvalue weighted by Crippen LogP contribution is -2.34. The fraction of sp³-hybridized carbons (Fsp3) is 0.364. The average Bonchev–Trinajstić information content (AvgIpc) is 2.71. The van der Waals surface area contributed by atoms with Crippen LogP contribution >= 0.6 is 0 Å². The van der Waals surface area contributed by atoms with Gasteiger partial charge in [-0.2, -0.15) is 0 Å². The summed E-state index contributed by atoms with van der Waals surface area (Å²) in [6, 6.07) is 12.0.